The molecule has 116 valence electrons. The number of hydrogen-bond donors (Lipinski definition) is 2. The number of carbonyl (C=O) groups is 1. The van der Waals surface area contributed by atoms with Crippen LogP contribution in [0.15, 0.2) is 16.6 Å². The number of piperazine rings is 1. The van der Waals surface area contributed by atoms with Crippen LogP contribution in [0.4, 0.5) is 5.69 Å². The van der Waals surface area contributed by atoms with E-state index in [4.69, 9.17) is 10.9 Å². The molecule has 0 spiro atoms. The second-order valence-electron chi connectivity index (χ2n) is 4.90. The molecule has 1 aromatic rings. The van der Waals surface area contributed by atoms with Crippen molar-refractivity contribution in [2.75, 3.05) is 31.9 Å². The Bertz CT molecular complexity index is 669. The average Bonchev–Trinajstić information content (AvgIpc) is 2.41. The molecule has 0 aromatic heterocycles. The number of carbonyl (C=O) groups excluding carboxylic acids is 1. The fourth-order valence-corrected chi connectivity index (χ4v) is 3.39. The number of anilines is 1. The first kappa shape index (κ1) is 16.2. The summed E-state index contributed by atoms with van der Waals surface area (Å²) in [4.78, 5) is 14.1. The summed E-state index contributed by atoms with van der Waals surface area (Å²) in [6, 6.07) is 3.46. The van der Waals surface area contributed by atoms with Crippen molar-refractivity contribution in [3.8, 4) is 0 Å². The van der Waals surface area contributed by atoms with Crippen molar-refractivity contribution >= 4 is 37.7 Å². The molecule has 1 heterocycles. The van der Waals surface area contributed by atoms with Crippen LogP contribution in [0.25, 0.3) is 0 Å². The maximum absolute atomic E-state index is 12.5. The number of nitrogen functional groups attached to an aromatic ring is 1. The first-order valence-electron chi connectivity index (χ1n) is 6.33. The van der Waals surface area contributed by atoms with Crippen molar-refractivity contribution in [2.45, 2.75) is 6.92 Å². The molecule has 1 fully saturated rings. The van der Waals surface area contributed by atoms with Gasteiger partial charge in [-0.15, -0.1) is 0 Å². The van der Waals surface area contributed by atoms with Crippen LogP contribution in [-0.2, 0) is 10.2 Å². The Labute approximate surface area is 132 Å². The lowest BCUT2D eigenvalue weighted by molar-refractivity contribution is 0.0697. The van der Waals surface area contributed by atoms with E-state index < -0.39 is 10.2 Å². The summed E-state index contributed by atoms with van der Waals surface area (Å²) in [5.74, 6) is -0.158. The van der Waals surface area contributed by atoms with E-state index in [2.05, 4.69) is 15.9 Å². The monoisotopic (exact) mass is 376 g/mol. The van der Waals surface area contributed by atoms with Crippen molar-refractivity contribution in [1.29, 1.82) is 0 Å². The fraction of sp³-hybridized carbons (Fsp3) is 0.417. The standard InChI is InChI=1S/C12H17BrN4O3S/c1-8-10(6-9(13)7-11(8)14)12(18)16-2-4-17(5-3-16)21(15,19)20/h6-7H,2-5,14H2,1H3,(H2,15,19,20). The Hall–Kier alpha value is -1.16. The number of amides is 1. The van der Waals surface area contributed by atoms with Gasteiger partial charge >= 0.3 is 0 Å². The quantitative estimate of drug-likeness (QED) is 0.723. The summed E-state index contributed by atoms with van der Waals surface area (Å²) in [5, 5.41) is 5.08. The van der Waals surface area contributed by atoms with Crippen molar-refractivity contribution < 1.29 is 13.2 Å². The van der Waals surface area contributed by atoms with E-state index in [1.54, 1.807) is 24.0 Å². The number of rotatable bonds is 2. The molecular weight excluding hydrogens is 360 g/mol. The van der Waals surface area contributed by atoms with Gasteiger partial charge in [-0.2, -0.15) is 12.7 Å². The third-order valence-corrected chi connectivity index (χ3v) is 5.07. The Morgan fingerprint density at radius 2 is 1.81 bits per heavy atom. The van der Waals surface area contributed by atoms with E-state index in [0.29, 0.717) is 24.3 Å². The first-order valence-corrected chi connectivity index (χ1v) is 8.62. The van der Waals surface area contributed by atoms with Crippen LogP contribution in [0.2, 0.25) is 0 Å². The SMILES string of the molecule is Cc1c(N)cc(Br)cc1C(=O)N1CCN(S(N)(=O)=O)CC1. The Kier molecular flexibility index (Phi) is 4.57. The van der Waals surface area contributed by atoms with Crippen molar-refractivity contribution in [1.82, 2.24) is 9.21 Å². The van der Waals surface area contributed by atoms with Gasteiger partial charge in [0, 0.05) is 41.9 Å². The van der Waals surface area contributed by atoms with Gasteiger partial charge in [-0.25, -0.2) is 5.14 Å². The zero-order valence-corrected chi connectivity index (χ0v) is 13.9. The van der Waals surface area contributed by atoms with Gasteiger partial charge in [-0.1, -0.05) is 15.9 Å². The van der Waals surface area contributed by atoms with Crippen molar-refractivity contribution in [3.63, 3.8) is 0 Å². The van der Waals surface area contributed by atoms with Gasteiger partial charge in [0.1, 0.15) is 0 Å². The van der Waals surface area contributed by atoms with E-state index in [0.717, 1.165) is 10.0 Å². The highest BCUT2D eigenvalue weighted by Crippen LogP contribution is 2.24. The lowest BCUT2D eigenvalue weighted by Gasteiger charge is -2.33. The van der Waals surface area contributed by atoms with Crippen LogP contribution in [0.3, 0.4) is 0 Å². The third-order valence-electron chi connectivity index (χ3n) is 3.53. The van der Waals surface area contributed by atoms with E-state index in [1.165, 1.54) is 4.31 Å². The largest absolute Gasteiger partial charge is 0.398 e. The smallest absolute Gasteiger partial charge is 0.277 e. The molecule has 1 aliphatic rings. The zero-order valence-electron chi connectivity index (χ0n) is 11.5. The number of halogens is 1. The molecule has 2 rings (SSSR count). The zero-order chi connectivity index (χ0) is 15.8. The first-order chi connectivity index (χ1) is 9.70. The normalized spacial score (nSPS) is 17.0. The highest BCUT2D eigenvalue weighted by atomic mass is 79.9. The summed E-state index contributed by atoms with van der Waals surface area (Å²) < 4.78 is 24.4. The van der Waals surface area contributed by atoms with E-state index in [-0.39, 0.29) is 19.0 Å². The molecule has 1 aromatic carbocycles. The number of hydrogen-bond acceptors (Lipinski definition) is 4. The Morgan fingerprint density at radius 1 is 1.24 bits per heavy atom. The predicted molar refractivity (Wildman–Crippen MR) is 83.9 cm³/mol. The van der Waals surface area contributed by atoms with Crippen LogP contribution in [0.1, 0.15) is 15.9 Å². The minimum atomic E-state index is -3.69. The highest BCUT2D eigenvalue weighted by molar-refractivity contribution is 9.10. The van der Waals surface area contributed by atoms with Gasteiger partial charge in [0.15, 0.2) is 0 Å². The van der Waals surface area contributed by atoms with Gasteiger partial charge < -0.3 is 10.6 Å². The lowest BCUT2D eigenvalue weighted by atomic mass is 10.1. The van der Waals surface area contributed by atoms with Gasteiger partial charge in [0.25, 0.3) is 16.1 Å². The molecule has 0 atom stereocenters. The highest BCUT2D eigenvalue weighted by Gasteiger charge is 2.27. The van der Waals surface area contributed by atoms with Gasteiger partial charge in [0.2, 0.25) is 0 Å². The molecule has 0 saturated carbocycles. The topological polar surface area (TPSA) is 110 Å². The molecule has 1 saturated heterocycles. The molecule has 0 unspecified atom stereocenters. The maximum atomic E-state index is 12.5. The van der Waals surface area contributed by atoms with Crippen molar-refractivity contribution in [3.05, 3.63) is 27.7 Å². The summed E-state index contributed by atoms with van der Waals surface area (Å²) in [7, 11) is -3.69. The molecule has 7 nitrogen and oxygen atoms in total. The molecule has 4 N–H and O–H groups in total. The second-order valence-corrected chi connectivity index (χ2v) is 7.37. The maximum Gasteiger partial charge on any atom is 0.277 e. The van der Waals surface area contributed by atoms with Crippen molar-refractivity contribution in [2.24, 2.45) is 5.14 Å². The summed E-state index contributed by atoms with van der Waals surface area (Å²) in [6.07, 6.45) is 0. The molecule has 0 aliphatic carbocycles. The average molecular weight is 377 g/mol. The fourth-order valence-electron chi connectivity index (χ4n) is 2.24. The molecule has 1 amide bonds. The van der Waals surface area contributed by atoms with E-state index >= 15 is 0 Å². The molecule has 1 aliphatic heterocycles. The second kappa shape index (κ2) is 5.91. The minimum absolute atomic E-state index is 0.158. The summed E-state index contributed by atoms with van der Waals surface area (Å²) in [5.41, 5.74) is 7.64. The predicted octanol–water partition coefficient (Wildman–Crippen LogP) is 0.301. The van der Waals surface area contributed by atoms with E-state index in [9.17, 15) is 13.2 Å². The van der Waals surface area contributed by atoms with Crippen LogP contribution in [-0.4, -0.2) is 49.7 Å². The Morgan fingerprint density at radius 3 is 2.33 bits per heavy atom. The summed E-state index contributed by atoms with van der Waals surface area (Å²) >= 11 is 3.32. The van der Waals surface area contributed by atoms with Crippen LogP contribution >= 0.6 is 15.9 Å². The van der Waals surface area contributed by atoms with Gasteiger partial charge in [-0.3, -0.25) is 4.79 Å². The molecule has 9 heteroatoms. The minimum Gasteiger partial charge on any atom is -0.398 e. The third kappa shape index (κ3) is 3.54. The van der Waals surface area contributed by atoms with Crippen LogP contribution < -0.4 is 10.9 Å². The van der Waals surface area contributed by atoms with E-state index in [1.807, 2.05) is 0 Å². The summed E-state index contributed by atoms with van der Waals surface area (Å²) in [6.45, 7) is 2.80. The van der Waals surface area contributed by atoms with Crippen LogP contribution in [0.5, 0.6) is 0 Å². The lowest BCUT2D eigenvalue weighted by Crippen LogP contribution is -2.52. The molecule has 0 bridgehead atoms. The van der Waals surface area contributed by atoms with Crippen LogP contribution in [0, 0.1) is 6.92 Å². The molecule has 21 heavy (non-hydrogen) atoms. The number of benzene rings is 1. The van der Waals surface area contributed by atoms with Gasteiger partial charge in [0.05, 0.1) is 0 Å². The Balaban J connectivity index is 2.16. The molecular formula is C12H17BrN4O3S. The number of nitrogens with zero attached hydrogens (tertiary/aromatic N) is 2. The number of nitrogens with two attached hydrogens (primary N) is 2. The molecule has 0 radical (unpaired) electrons. The van der Waals surface area contributed by atoms with Gasteiger partial charge in [-0.05, 0) is 24.6 Å².